The molecule has 0 spiro atoms. The van der Waals surface area contributed by atoms with Gasteiger partial charge in [-0.1, -0.05) is 6.92 Å². The Morgan fingerprint density at radius 1 is 1.29 bits per heavy atom. The molecule has 1 atom stereocenters. The summed E-state index contributed by atoms with van der Waals surface area (Å²) in [5, 5.41) is 12.5. The Balaban J connectivity index is 1.92. The van der Waals surface area contributed by atoms with E-state index in [2.05, 4.69) is 35.1 Å². The molecule has 1 aromatic heterocycles. The second kappa shape index (κ2) is 7.31. The molecule has 2 aromatic rings. The number of nitrogens with one attached hydrogen (secondary N) is 1. The van der Waals surface area contributed by atoms with Gasteiger partial charge in [-0.25, -0.2) is 9.97 Å². The van der Waals surface area contributed by atoms with Gasteiger partial charge in [0.1, 0.15) is 11.6 Å². The summed E-state index contributed by atoms with van der Waals surface area (Å²) in [6.07, 6.45) is 4.98. The summed E-state index contributed by atoms with van der Waals surface area (Å²) >= 11 is 0. The number of aromatic nitrogens is 2. The van der Waals surface area contributed by atoms with Gasteiger partial charge in [-0.3, -0.25) is 0 Å². The number of hydrogen-bond donors (Lipinski definition) is 1. The van der Waals surface area contributed by atoms with Crippen LogP contribution in [-0.2, 0) is 6.42 Å². The van der Waals surface area contributed by atoms with Crippen molar-refractivity contribution in [3.05, 3.63) is 47.4 Å². The van der Waals surface area contributed by atoms with Crippen molar-refractivity contribution in [3.8, 4) is 6.07 Å². The average Bonchev–Trinajstić information content (AvgIpc) is 2.81. The van der Waals surface area contributed by atoms with Crippen LogP contribution in [0, 0.1) is 11.3 Å². The van der Waals surface area contributed by atoms with Crippen LogP contribution in [0.15, 0.2) is 30.5 Å². The molecule has 0 aliphatic carbocycles. The van der Waals surface area contributed by atoms with Crippen molar-refractivity contribution in [2.75, 3.05) is 23.3 Å². The fraction of sp³-hybridized carbons (Fsp3) is 0.421. The summed E-state index contributed by atoms with van der Waals surface area (Å²) in [5.41, 5.74) is 2.86. The molecule has 2 heterocycles. The molecule has 0 saturated heterocycles. The van der Waals surface area contributed by atoms with E-state index < -0.39 is 0 Å². The number of nitriles is 1. The lowest BCUT2D eigenvalue weighted by Crippen LogP contribution is -2.25. The van der Waals surface area contributed by atoms with E-state index in [-0.39, 0.29) is 6.04 Å². The van der Waals surface area contributed by atoms with Crippen molar-refractivity contribution < 1.29 is 0 Å². The molecule has 1 aromatic carbocycles. The third-order valence-electron chi connectivity index (χ3n) is 4.49. The Hall–Kier alpha value is -2.61. The summed E-state index contributed by atoms with van der Waals surface area (Å²) in [5.74, 6) is 1.96. The van der Waals surface area contributed by atoms with Gasteiger partial charge in [-0.05, 0) is 44.0 Å². The van der Waals surface area contributed by atoms with E-state index >= 15 is 0 Å². The number of rotatable bonds is 4. The first-order valence-electron chi connectivity index (χ1n) is 8.62. The van der Waals surface area contributed by atoms with Gasteiger partial charge >= 0.3 is 0 Å². The van der Waals surface area contributed by atoms with Gasteiger partial charge in [0.25, 0.3) is 0 Å². The molecule has 1 N–H and O–H groups in total. The maximum absolute atomic E-state index is 8.93. The highest BCUT2D eigenvalue weighted by Crippen LogP contribution is 2.33. The molecule has 0 fully saturated rings. The average molecular weight is 321 g/mol. The van der Waals surface area contributed by atoms with Crippen LogP contribution in [0.1, 0.15) is 49.7 Å². The molecule has 5 nitrogen and oxygen atoms in total. The van der Waals surface area contributed by atoms with Gasteiger partial charge in [0, 0.05) is 37.0 Å². The van der Waals surface area contributed by atoms with E-state index in [4.69, 9.17) is 10.2 Å². The van der Waals surface area contributed by atoms with Crippen LogP contribution in [0.2, 0.25) is 0 Å². The maximum Gasteiger partial charge on any atom is 0.137 e. The summed E-state index contributed by atoms with van der Waals surface area (Å²) in [7, 11) is 0. The fourth-order valence-corrected chi connectivity index (χ4v) is 3.13. The van der Waals surface area contributed by atoms with Gasteiger partial charge in [-0.2, -0.15) is 5.26 Å². The predicted molar refractivity (Wildman–Crippen MR) is 96.1 cm³/mol. The lowest BCUT2D eigenvalue weighted by Gasteiger charge is -2.24. The van der Waals surface area contributed by atoms with Crippen molar-refractivity contribution in [1.29, 1.82) is 5.26 Å². The standard InChI is InChI=1S/C19H23N5/c1-3-18-21-13-16-17(6-5-11-24(4-2)19(16)23-18)22-15-9-7-14(12-20)8-10-15/h7-10,13,17,22H,3-6,11H2,1-2H3. The van der Waals surface area contributed by atoms with E-state index in [0.29, 0.717) is 5.56 Å². The third-order valence-corrected chi connectivity index (χ3v) is 4.49. The highest BCUT2D eigenvalue weighted by atomic mass is 15.2. The Labute approximate surface area is 143 Å². The zero-order valence-corrected chi connectivity index (χ0v) is 14.3. The normalized spacial score (nSPS) is 16.9. The Morgan fingerprint density at radius 2 is 2.08 bits per heavy atom. The Morgan fingerprint density at radius 3 is 2.75 bits per heavy atom. The lowest BCUT2D eigenvalue weighted by molar-refractivity contribution is 0.658. The van der Waals surface area contributed by atoms with Gasteiger partial charge in [0.2, 0.25) is 0 Å². The molecule has 0 saturated carbocycles. The van der Waals surface area contributed by atoms with Crippen LogP contribution >= 0.6 is 0 Å². The minimum Gasteiger partial charge on any atom is -0.378 e. The Kier molecular flexibility index (Phi) is 4.95. The van der Waals surface area contributed by atoms with E-state index in [1.807, 2.05) is 30.5 Å². The van der Waals surface area contributed by atoms with Gasteiger partial charge in [0.05, 0.1) is 17.7 Å². The third kappa shape index (κ3) is 3.33. The maximum atomic E-state index is 8.93. The smallest absolute Gasteiger partial charge is 0.137 e. The van der Waals surface area contributed by atoms with Crippen LogP contribution < -0.4 is 10.2 Å². The molecular formula is C19H23N5. The van der Waals surface area contributed by atoms with Crippen molar-refractivity contribution >= 4 is 11.5 Å². The fourth-order valence-electron chi connectivity index (χ4n) is 3.13. The highest BCUT2D eigenvalue weighted by Gasteiger charge is 2.24. The summed E-state index contributed by atoms with van der Waals surface area (Å²) in [4.78, 5) is 11.7. The largest absolute Gasteiger partial charge is 0.378 e. The van der Waals surface area contributed by atoms with Gasteiger partial charge < -0.3 is 10.2 Å². The molecule has 1 aliphatic heterocycles. The van der Waals surface area contributed by atoms with Crippen molar-refractivity contribution in [1.82, 2.24) is 9.97 Å². The first-order chi connectivity index (χ1) is 11.7. The number of fused-ring (bicyclic) bond motifs is 1. The van der Waals surface area contributed by atoms with Crippen molar-refractivity contribution in [2.45, 2.75) is 39.2 Å². The second-order valence-electron chi connectivity index (χ2n) is 6.03. The lowest BCUT2D eigenvalue weighted by atomic mass is 10.0. The van der Waals surface area contributed by atoms with E-state index in [1.54, 1.807) is 0 Å². The molecule has 5 heteroatoms. The second-order valence-corrected chi connectivity index (χ2v) is 6.03. The zero-order valence-electron chi connectivity index (χ0n) is 14.3. The molecule has 0 bridgehead atoms. The molecule has 0 amide bonds. The molecule has 1 aliphatic rings. The van der Waals surface area contributed by atoms with Gasteiger partial charge in [0.15, 0.2) is 0 Å². The Bertz CT molecular complexity index is 732. The molecular weight excluding hydrogens is 298 g/mol. The number of aryl methyl sites for hydroxylation is 1. The van der Waals surface area contributed by atoms with Gasteiger partial charge in [-0.15, -0.1) is 0 Å². The van der Waals surface area contributed by atoms with E-state index in [9.17, 15) is 0 Å². The quantitative estimate of drug-likeness (QED) is 0.930. The minimum absolute atomic E-state index is 0.190. The van der Waals surface area contributed by atoms with E-state index in [0.717, 1.165) is 55.2 Å². The number of hydrogen-bond acceptors (Lipinski definition) is 5. The number of anilines is 2. The van der Waals surface area contributed by atoms with E-state index in [1.165, 1.54) is 0 Å². The molecule has 24 heavy (non-hydrogen) atoms. The number of nitrogens with zero attached hydrogens (tertiary/aromatic N) is 4. The summed E-state index contributed by atoms with van der Waals surface area (Å²) < 4.78 is 0. The minimum atomic E-state index is 0.190. The van der Waals surface area contributed by atoms with Crippen LogP contribution in [0.3, 0.4) is 0 Å². The summed E-state index contributed by atoms with van der Waals surface area (Å²) in [6, 6.07) is 9.95. The number of benzene rings is 1. The molecule has 3 rings (SSSR count). The summed E-state index contributed by atoms with van der Waals surface area (Å²) in [6.45, 7) is 6.24. The van der Waals surface area contributed by atoms with Crippen LogP contribution in [0.5, 0.6) is 0 Å². The SMILES string of the molecule is CCc1ncc2c(n1)N(CC)CCCC2Nc1ccc(C#N)cc1. The predicted octanol–water partition coefficient (Wildman–Crippen LogP) is 3.68. The molecule has 0 radical (unpaired) electrons. The van der Waals surface area contributed by atoms with Crippen LogP contribution in [0.4, 0.5) is 11.5 Å². The zero-order chi connectivity index (χ0) is 16.9. The monoisotopic (exact) mass is 321 g/mol. The molecule has 1 unspecified atom stereocenters. The first kappa shape index (κ1) is 16.3. The molecule has 124 valence electrons. The van der Waals surface area contributed by atoms with Crippen molar-refractivity contribution in [2.24, 2.45) is 0 Å². The van der Waals surface area contributed by atoms with Crippen LogP contribution in [0.25, 0.3) is 0 Å². The van der Waals surface area contributed by atoms with Crippen molar-refractivity contribution in [3.63, 3.8) is 0 Å². The highest BCUT2D eigenvalue weighted by molar-refractivity contribution is 5.54. The topological polar surface area (TPSA) is 64.8 Å². The van der Waals surface area contributed by atoms with Crippen LogP contribution in [-0.4, -0.2) is 23.1 Å². The first-order valence-corrected chi connectivity index (χ1v) is 8.62.